The van der Waals surface area contributed by atoms with Crippen LogP contribution < -0.4 is 15.1 Å². The van der Waals surface area contributed by atoms with Crippen molar-refractivity contribution in [3.63, 3.8) is 0 Å². The summed E-state index contributed by atoms with van der Waals surface area (Å²) in [6, 6.07) is 8.11. The van der Waals surface area contributed by atoms with Crippen LogP contribution in [0.4, 0.5) is 17.6 Å². The van der Waals surface area contributed by atoms with Gasteiger partial charge in [0.2, 0.25) is 5.95 Å². The van der Waals surface area contributed by atoms with Gasteiger partial charge in [0.05, 0.1) is 18.9 Å². The van der Waals surface area contributed by atoms with Crippen molar-refractivity contribution in [2.75, 3.05) is 67.7 Å². The molecule has 2 aliphatic heterocycles. The molecule has 2 saturated heterocycles. The molecule has 4 heterocycles. The molecule has 0 unspecified atom stereocenters. The molecule has 0 amide bonds. The Morgan fingerprint density at radius 1 is 1.11 bits per heavy atom. The van der Waals surface area contributed by atoms with E-state index in [9.17, 15) is 0 Å². The third kappa shape index (κ3) is 4.28. The van der Waals surface area contributed by atoms with Gasteiger partial charge in [-0.05, 0) is 18.6 Å². The van der Waals surface area contributed by atoms with Crippen LogP contribution in [0.15, 0.2) is 30.5 Å². The van der Waals surface area contributed by atoms with Crippen molar-refractivity contribution in [2.45, 2.75) is 12.3 Å². The fourth-order valence-electron chi connectivity index (χ4n) is 3.54. The van der Waals surface area contributed by atoms with E-state index in [1.165, 1.54) is 0 Å². The van der Waals surface area contributed by atoms with Crippen molar-refractivity contribution in [2.24, 2.45) is 0 Å². The molecule has 8 heteroatoms. The van der Waals surface area contributed by atoms with Gasteiger partial charge < -0.3 is 25.0 Å². The third-order valence-electron chi connectivity index (χ3n) is 5.05. The number of nitrogens with one attached hydrogen (secondary N) is 1. The zero-order valence-electron chi connectivity index (χ0n) is 15.4. The maximum absolute atomic E-state index is 9.10. The molecule has 0 aromatic carbocycles. The van der Waals surface area contributed by atoms with Gasteiger partial charge in [-0.25, -0.2) is 9.97 Å². The Labute approximate surface area is 159 Å². The highest BCUT2D eigenvalue weighted by molar-refractivity contribution is 5.48. The van der Waals surface area contributed by atoms with Gasteiger partial charge in [0.25, 0.3) is 0 Å². The number of piperazine rings is 1. The summed E-state index contributed by atoms with van der Waals surface area (Å²) in [6.07, 6.45) is 2.82. The van der Waals surface area contributed by atoms with E-state index in [0.717, 1.165) is 56.5 Å². The minimum Gasteiger partial charge on any atom is -0.395 e. The Morgan fingerprint density at radius 2 is 1.93 bits per heavy atom. The number of pyridine rings is 1. The van der Waals surface area contributed by atoms with Crippen molar-refractivity contribution in [1.82, 2.24) is 15.0 Å². The molecular formula is C19H26N6O2. The molecule has 2 fully saturated rings. The van der Waals surface area contributed by atoms with Gasteiger partial charge in [-0.3, -0.25) is 0 Å². The van der Waals surface area contributed by atoms with Crippen molar-refractivity contribution in [3.05, 3.63) is 36.2 Å². The average Bonchev–Trinajstić information content (AvgIpc) is 3.28. The van der Waals surface area contributed by atoms with Crippen LogP contribution in [-0.2, 0) is 4.74 Å². The Morgan fingerprint density at radius 3 is 2.59 bits per heavy atom. The molecule has 2 aromatic heterocycles. The predicted octanol–water partition coefficient (Wildman–Crippen LogP) is 1.11. The summed E-state index contributed by atoms with van der Waals surface area (Å²) in [6.45, 7) is 5.57. The monoisotopic (exact) mass is 370 g/mol. The SMILES string of the molecule is OCCNc1nc([C@H]2CCOC2)cc(N2CCN(c3ccccn3)CC2)n1. The first kappa shape index (κ1) is 17.9. The molecular weight excluding hydrogens is 344 g/mol. The van der Waals surface area contributed by atoms with Crippen LogP contribution in [0.2, 0.25) is 0 Å². The Balaban J connectivity index is 1.49. The van der Waals surface area contributed by atoms with Crippen LogP contribution in [0.3, 0.4) is 0 Å². The van der Waals surface area contributed by atoms with E-state index in [2.05, 4.69) is 42.2 Å². The zero-order valence-corrected chi connectivity index (χ0v) is 15.4. The minimum atomic E-state index is 0.0538. The number of aliphatic hydroxyl groups excluding tert-OH is 1. The normalized spacial score (nSPS) is 20.1. The molecule has 0 aliphatic carbocycles. The van der Waals surface area contributed by atoms with E-state index in [1.807, 2.05) is 18.3 Å². The first-order chi connectivity index (χ1) is 13.3. The summed E-state index contributed by atoms with van der Waals surface area (Å²) in [5.74, 6) is 2.86. The maximum atomic E-state index is 9.10. The molecule has 8 nitrogen and oxygen atoms in total. The first-order valence-corrected chi connectivity index (χ1v) is 9.56. The lowest BCUT2D eigenvalue weighted by Crippen LogP contribution is -2.47. The van der Waals surface area contributed by atoms with E-state index in [0.29, 0.717) is 25.0 Å². The van der Waals surface area contributed by atoms with E-state index >= 15 is 0 Å². The lowest BCUT2D eigenvalue weighted by Gasteiger charge is -2.36. The van der Waals surface area contributed by atoms with E-state index in [1.54, 1.807) is 0 Å². The van der Waals surface area contributed by atoms with Crippen molar-refractivity contribution >= 4 is 17.6 Å². The average molecular weight is 370 g/mol. The zero-order chi connectivity index (χ0) is 18.5. The van der Waals surface area contributed by atoms with E-state index in [-0.39, 0.29) is 6.61 Å². The largest absolute Gasteiger partial charge is 0.395 e. The van der Waals surface area contributed by atoms with Crippen molar-refractivity contribution in [3.8, 4) is 0 Å². The van der Waals surface area contributed by atoms with Gasteiger partial charge in [-0.1, -0.05) is 6.07 Å². The molecule has 27 heavy (non-hydrogen) atoms. The summed E-state index contributed by atoms with van der Waals surface area (Å²) < 4.78 is 5.53. The van der Waals surface area contributed by atoms with Gasteiger partial charge in [0, 0.05) is 57.5 Å². The Hall–Kier alpha value is -2.45. The summed E-state index contributed by atoms with van der Waals surface area (Å²) in [5.41, 5.74) is 1.02. The highest BCUT2D eigenvalue weighted by atomic mass is 16.5. The third-order valence-corrected chi connectivity index (χ3v) is 5.05. The standard InChI is InChI=1S/C19H26N6O2/c26-11-6-21-19-22-16(15-4-12-27-14-15)13-18(23-19)25-9-7-24(8-10-25)17-3-1-2-5-20-17/h1-3,5,13,15,26H,4,6-12,14H2,(H,21,22,23)/t15-/m0/s1. The van der Waals surface area contributed by atoms with Gasteiger partial charge in [-0.15, -0.1) is 0 Å². The summed E-state index contributed by atoms with van der Waals surface area (Å²) in [7, 11) is 0. The summed E-state index contributed by atoms with van der Waals surface area (Å²) in [5, 5.41) is 12.2. The summed E-state index contributed by atoms with van der Waals surface area (Å²) in [4.78, 5) is 18.4. The highest BCUT2D eigenvalue weighted by Gasteiger charge is 2.24. The first-order valence-electron chi connectivity index (χ1n) is 9.56. The van der Waals surface area contributed by atoms with Gasteiger partial charge >= 0.3 is 0 Å². The second kappa shape index (κ2) is 8.49. The lowest BCUT2D eigenvalue weighted by molar-refractivity contribution is 0.193. The molecule has 2 aromatic rings. The molecule has 2 aliphatic rings. The fraction of sp³-hybridized carbons (Fsp3) is 0.526. The Kier molecular flexibility index (Phi) is 5.64. The van der Waals surface area contributed by atoms with Crippen LogP contribution in [0, 0.1) is 0 Å². The van der Waals surface area contributed by atoms with Crippen molar-refractivity contribution in [1.29, 1.82) is 0 Å². The number of aromatic nitrogens is 3. The van der Waals surface area contributed by atoms with Crippen molar-refractivity contribution < 1.29 is 9.84 Å². The second-order valence-corrected chi connectivity index (χ2v) is 6.85. The number of hydrogen-bond acceptors (Lipinski definition) is 8. The molecule has 0 spiro atoms. The van der Waals surface area contributed by atoms with Crippen LogP contribution in [-0.4, -0.2) is 72.6 Å². The number of ether oxygens (including phenoxy) is 1. The smallest absolute Gasteiger partial charge is 0.224 e. The quantitative estimate of drug-likeness (QED) is 0.782. The topological polar surface area (TPSA) is 86.6 Å². The maximum Gasteiger partial charge on any atom is 0.224 e. The molecule has 0 saturated carbocycles. The minimum absolute atomic E-state index is 0.0538. The number of hydrogen-bond donors (Lipinski definition) is 2. The number of nitrogens with zero attached hydrogens (tertiary/aromatic N) is 5. The fourth-order valence-corrected chi connectivity index (χ4v) is 3.54. The van der Waals surface area contributed by atoms with Gasteiger partial charge in [0.15, 0.2) is 0 Å². The van der Waals surface area contributed by atoms with Crippen LogP contribution >= 0.6 is 0 Å². The predicted molar refractivity (Wildman–Crippen MR) is 104 cm³/mol. The van der Waals surface area contributed by atoms with Crippen LogP contribution in [0.1, 0.15) is 18.0 Å². The number of anilines is 3. The van der Waals surface area contributed by atoms with Gasteiger partial charge in [0.1, 0.15) is 11.6 Å². The molecule has 4 rings (SSSR count). The number of aliphatic hydroxyl groups is 1. The summed E-state index contributed by atoms with van der Waals surface area (Å²) >= 11 is 0. The van der Waals surface area contributed by atoms with Crippen LogP contribution in [0.25, 0.3) is 0 Å². The molecule has 0 bridgehead atoms. The lowest BCUT2D eigenvalue weighted by atomic mass is 10.0. The molecule has 1 atom stereocenters. The Bertz CT molecular complexity index is 730. The second-order valence-electron chi connectivity index (χ2n) is 6.85. The number of rotatable bonds is 6. The highest BCUT2D eigenvalue weighted by Crippen LogP contribution is 2.28. The van der Waals surface area contributed by atoms with E-state index in [4.69, 9.17) is 9.84 Å². The van der Waals surface area contributed by atoms with E-state index < -0.39 is 0 Å². The molecule has 2 N–H and O–H groups in total. The van der Waals surface area contributed by atoms with Gasteiger partial charge in [-0.2, -0.15) is 4.98 Å². The molecule has 144 valence electrons. The molecule has 0 radical (unpaired) electrons. The van der Waals surface area contributed by atoms with Crippen LogP contribution in [0.5, 0.6) is 0 Å².